The molecular formula is C13H20N4O2S. The molecule has 2 aliphatic heterocycles. The van der Waals surface area contributed by atoms with E-state index in [1.165, 1.54) is 0 Å². The fourth-order valence-electron chi connectivity index (χ4n) is 2.56. The van der Waals surface area contributed by atoms with Crippen molar-refractivity contribution in [2.45, 2.75) is 6.42 Å². The van der Waals surface area contributed by atoms with Gasteiger partial charge in [0.1, 0.15) is 0 Å². The van der Waals surface area contributed by atoms with Gasteiger partial charge in [0, 0.05) is 56.8 Å². The summed E-state index contributed by atoms with van der Waals surface area (Å²) >= 11 is 1.65. The fraction of sp³-hybridized carbons (Fsp3) is 0.692. The Balaban J connectivity index is 1.42. The molecule has 1 aromatic rings. The van der Waals surface area contributed by atoms with E-state index in [0.29, 0.717) is 5.92 Å². The van der Waals surface area contributed by atoms with E-state index < -0.39 is 0 Å². The van der Waals surface area contributed by atoms with Crippen LogP contribution in [0.5, 0.6) is 0 Å². The van der Waals surface area contributed by atoms with Gasteiger partial charge < -0.3 is 19.9 Å². The average molecular weight is 296 g/mol. The van der Waals surface area contributed by atoms with Crippen molar-refractivity contribution in [2.24, 2.45) is 5.92 Å². The van der Waals surface area contributed by atoms with Crippen LogP contribution in [0.3, 0.4) is 0 Å². The topological polar surface area (TPSA) is 57.7 Å². The van der Waals surface area contributed by atoms with Crippen LogP contribution in [0, 0.1) is 5.92 Å². The SMILES string of the molecule is O=C(NC[C@H]1CCOC1)N1CCN(c2nccs2)CC1. The van der Waals surface area contributed by atoms with Gasteiger partial charge in [0.15, 0.2) is 5.13 Å². The molecule has 1 aromatic heterocycles. The highest BCUT2D eigenvalue weighted by Gasteiger charge is 2.23. The predicted octanol–water partition coefficient (Wildman–Crippen LogP) is 1.01. The number of anilines is 1. The lowest BCUT2D eigenvalue weighted by Crippen LogP contribution is -2.52. The first kappa shape index (κ1) is 13.6. The van der Waals surface area contributed by atoms with Gasteiger partial charge in [-0.15, -0.1) is 11.3 Å². The molecule has 0 unspecified atom stereocenters. The molecule has 1 N–H and O–H groups in total. The van der Waals surface area contributed by atoms with E-state index in [4.69, 9.17) is 4.74 Å². The number of urea groups is 1. The van der Waals surface area contributed by atoms with Crippen LogP contribution < -0.4 is 10.2 Å². The summed E-state index contributed by atoms with van der Waals surface area (Å²) in [6, 6.07) is 0.0516. The van der Waals surface area contributed by atoms with Crippen molar-refractivity contribution in [1.82, 2.24) is 15.2 Å². The number of hydrogen-bond donors (Lipinski definition) is 1. The number of nitrogens with one attached hydrogen (secondary N) is 1. The van der Waals surface area contributed by atoms with Gasteiger partial charge in [-0.2, -0.15) is 0 Å². The number of piperazine rings is 1. The maximum absolute atomic E-state index is 12.1. The normalized spacial score (nSPS) is 23.1. The van der Waals surface area contributed by atoms with Crippen molar-refractivity contribution in [3.05, 3.63) is 11.6 Å². The first-order valence-corrected chi connectivity index (χ1v) is 7.96. The zero-order chi connectivity index (χ0) is 13.8. The van der Waals surface area contributed by atoms with Crippen LogP contribution in [0.2, 0.25) is 0 Å². The molecule has 6 nitrogen and oxygen atoms in total. The van der Waals surface area contributed by atoms with Gasteiger partial charge in [-0.05, 0) is 6.42 Å². The molecule has 110 valence electrons. The Morgan fingerprint density at radius 3 is 2.95 bits per heavy atom. The summed E-state index contributed by atoms with van der Waals surface area (Å²) in [7, 11) is 0. The quantitative estimate of drug-likeness (QED) is 0.904. The summed E-state index contributed by atoms with van der Waals surface area (Å²) in [5.41, 5.74) is 0. The molecule has 2 fully saturated rings. The zero-order valence-electron chi connectivity index (χ0n) is 11.5. The lowest BCUT2D eigenvalue weighted by atomic mass is 10.1. The molecule has 2 aliphatic rings. The molecular weight excluding hydrogens is 276 g/mol. The first-order chi connectivity index (χ1) is 9.83. The average Bonchev–Trinajstić information content (AvgIpc) is 3.18. The lowest BCUT2D eigenvalue weighted by molar-refractivity contribution is 0.179. The Hall–Kier alpha value is -1.34. The molecule has 3 rings (SSSR count). The second kappa shape index (κ2) is 6.41. The summed E-state index contributed by atoms with van der Waals surface area (Å²) in [6.07, 6.45) is 2.88. The van der Waals surface area contributed by atoms with Gasteiger partial charge in [-0.3, -0.25) is 0 Å². The van der Waals surface area contributed by atoms with E-state index in [-0.39, 0.29) is 6.03 Å². The minimum atomic E-state index is 0.0516. The third-order valence-corrected chi connectivity index (χ3v) is 4.65. The molecule has 0 spiro atoms. The van der Waals surface area contributed by atoms with Crippen LogP contribution in [-0.2, 0) is 4.74 Å². The molecule has 3 heterocycles. The Bertz CT molecular complexity index is 426. The van der Waals surface area contributed by atoms with E-state index >= 15 is 0 Å². The summed E-state index contributed by atoms with van der Waals surface area (Å²) < 4.78 is 5.31. The summed E-state index contributed by atoms with van der Waals surface area (Å²) in [5, 5.41) is 6.05. The number of amides is 2. The third kappa shape index (κ3) is 3.21. The third-order valence-electron chi connectivity index (χ3n) is 3.82. The maximum Gasteiger partial charge on any atom is 0.317 e. The molecule has 0 aromatic carbocycles. The number of nitrogens with zero attached hydrogens (tertiary/aromatic N) is 3. The monoisotopic (exact) mass is 296 g/mol. The molecule has 0 saturated carbocycles. The number of thiazole rings is 1. The Morgan fingerprint density at radius 2 is 2.30 bits per heavy atom. The van der Waals surface area contributed by atoms with Gasteiger partial charge in [-0.25, -0.2) is 9.78 Å². The highest BCUT2D eigenvalue weighted by Crippen LogP contribution is 2.19. The van der Waals surface area contributed by atoms with Crippen molar-refractivity contribution in [2.75, 3.05) is 50.8 Å². The highest BCUT2D eigenvalue weighted by molar-refractivity contribution is 7.13. The minimum absolute atomic E-state index is 0.0516. The van der Waals surface area contributed by atoms with Crippen LogP contribution >= 0.6 is 11.3 Å². The summed E-state index contributed by atoms with van der Waals surface area (Å²) in [4.78, 5) is 20.5. The summed E-state index contributed by atoms with van der Waals surface area (Å²) in [6.45, 7) is 5.55. The molecule has 20 heavy (non-hydrogen) atoms. The van der Waals surface area contributed by atoms with E-state index in [1.807, 2.05) is 16.5 Å². The van der Waals surface area contributed by atoms with E-state index in [9.17, 15) is 4.79 Å². The number of rotatable bonds is 3. The van der Waals surface area contributed by atoms with Gasteiger partial charge in [0.25, 0.3) is 0 Å². The smallest absolute Gasteiger partial charge is 0.317 e. The number of carbonyl (C=O) groups excluding carboxylic acids is 1. The number of hydrogen-bond acceptors (Lipinski definition) is 5. The van der Waals surface area contributed by atoms with Gasteiger partial charge >= 0.3 is 6.03 Å². The maximum atomic E-state index is 12.1. The van der Waals surface area contributed by atoms with Crippen molar-refractivity contribution in [3.8, 4) is 0 Å². The fourth-order valence-corrected chi connectivity index (χ4v) is 3.26. The number of ether oxygens (including phenoxy) is 1. The van der Waals surface area contributed by atoms with Gasteiger partial charge in [0.05, 0.1) is 6.61 Å². The van der Waals surface area contributed by atoms with Crippen LogP contribution in [0.4, 0.5) is 9.93 Å². The molecule has 0 bridgehead atoms. The van der Waals surface area contributed by atoms with Crippen LogP contribution in [0.25, 0.3) is 0 Å². The molecule has 2 amide bonds. The number of aromatic nitrogens is 1. The second-order valence-corrected chi connectivity index (χ2v) is 6.08. The largest absolute Gasteiger partial charge is 0.381 e. The standard InChI is InChI=1S/C13H20N4O2S/c18-12(15-9-11-1-7-19-10-11)16-3-5-17(6-4-16)13-14-2-8-20-13/h2,8,11H,1,3-7,9-10H2,(H,15,18)/t11-/m1/s1. The molecule has 0 aliphatic carbocycles. The van der Waals surface area contributed by atoms with Crippen LogP contribution in [-0.4, -0.2) is 61.9 Å². The van der Waals surface area contributed by atoms with Crippen molar-refractivity contribution in [1.29, 1.82) is 0 Å². The lowest BCUT2D eigenvalue weighted by Gasteiger charge is -2.34. The highest BCUT2D eigenvalue weighted by atomic mass is 32.1. The van der Waals surface area contributed by atoms with Crippen LogP contribution in [0.15, 0.2) is 11.6 Å². The molecule has 2 saturated heterocycles. The first-order valence-electron chi connectivity index (χ1n) is 7.08. The minimum Gasteiger partial charge on any atom is -0.381 e. The van der Waals surface area contributed by atoms with Gasteiger partial charge in [0.2, 0.25) is 0 Å². The Labute approximate surface area is 122 Å². The van der Waals surface area contributed by atoms with E-state index in [0.717, 1.165) is 57.5 Å². The van der Waals surface area contributed by atoms with Crippen molar-refractivity contribution in [3.63, 3.8) is 0 Å². The van der Waals surface area contributed by atoms with Crippen LogP contribution in [0.1, 0.15) is 6.42 Å². The zero-order valence-corrected chi connectivity index (χ0v) is 12.3. The van der Waals surface area contributed by atoms with E-state index in [2.05, 4.69) is 15.2 Å². The van der Waals surface area contributed by atoms with Crippen molar-refractivity contribution >= 4 is 22.5 Å². The molecule has 7 heteroatoms. The predicted molar refractivity (Wildman–Crippen MR) is 78.2 cm³/mol. The molecule has 1 atom stereocenters. The number of carbonyl (C=O) groups is 1. The second-order valence-electron chi connectivity index (χ2n) is 5.20. The Kier molecular flexibility index (Phi) is 4.37. The summed E-state index contributed by atoms with van der Waals surface area (Å²) in [5.74, 6) is 0.482. The van der Waals surface area contributed by atoms with Crippen molar-refractivity contribution < 1.29 is 9.53 Å². The van der Waals surface area contributed by atoms with Gasteiger partial charge in [-0.1, -0.05) is 0 Å². The van der Waals surface area contributed by atoms with E-state index in [1.54, 1.807) is 11.3 Å². The Morgan fingerprint density at radius 1 is 1.45 bits per heavy atom. The molecule has 0 radical (unpaired) electrons.